The highest BCUT2D eigenvalue weighted by molar-refractivity contribution is 6.40. The number of rotatable bonds is 8. The first kappa shape index (κ1) is 24.7. The van der Waals surface area contributed by atoms with Crippen LogP contribution in [-0.4, -0.2) is 36.5 Å². The van der Waals surface area contributed by atoms with Gasteiger partial charge < -0.3 is 25.1 Å². The Morgan fingerprint density at radius 1 is 0.829 bits per heavy atom. The number of furan rings is 1. The number of anilines is 2. The molecule has 180 valence electrons. The van der Waals surface area contributed by atoms with Crippen molar-refractivity contribution in [2.75, 3.05) is 17.2 Å². The molecule has 4 amide bonds. The Hall–Kier alpha value is -4.93. The maximum absolute atomic E-state index is 12.0. The minimum Gasteiger partial charge on any atom is -0.494 e. The second kappa shape index (κ2) is 12.3. The molecule has 11 nitrogen and oxygen atoms in total. The van der Waals surface area contributed by atoms with Crippen LogP contribution in [0.1, 0.15) is 18.4 Å². The van der Waals surface area contributed by atoms with E-state index in [-0.39, 0.29) is 12.3 Å². The lowest BCUT2D eigenvalue weighted by Gasteiger charge is -2.06. The first-order valence-corrected chi connectivity index (χ1v) is 10.5. The number of hydrazone groups is 1. The van der Waals surface area contributed by atoms with Crippen LogP contribution >= 0.6 is 0 Å². The number of nitrogens with one attached hydrogen (secondary N) is 4. The normalized spacial score (nSPS) is 10.4. The van der Waals surface area contributed by atoms with Crippen LogP contribution in [-0.2, 0) is 25.7 Å². The van der Waals surface area contributed by atoms with Crippen molar-refractivity contribution >= 4 is 41.2 Å². The highest BCUT2D eigenvalue weighted by Crippen LogP contribution is 2.15. The molecule has 35 heavy (non-hydrogen) atoms. The van der Waals surface area contributed by atoms with Crippen molar-refractivity contribution in [1.82, 2.24) is 10.7 Å². The number of benzene rings is 2. The van der Waals surface area contributed by atoms with Crippen molar-refractivity contribution in [2.45, 2.75) is 13.5 Å². The zero-order valence-corrected chi connectivity index (χ0v) is 18.7. The Bertz CT molecular complexity index is 1200. The monoisotopic (exact) mass is 477 g/mol. The topological polar surface area (TPSA) is 151 Å². The van der Waals surface area contributed by atoms with Crippen molar-refractivity contribution in [2.24, 2.45) is 5.10 Å². The summed E-state index contributed by atoms with van der Waals surface area (Å²) < 4.78 is 10.8. The standard InChI is InChI=1S/C24H23N5O6/c1-2-34-18-10-8-17(9-11-18)28-23(32)24(33)29-26-15-20-13-12-19(35-20)14-25-21(30)22(31)27-16-6-4-3-5-7-16/h3-13,15H,2,14H2,1H3,(H,25,30)(H,27,31)(H,28,32)(H,29,33)/b26-15+. The van der Waals surface area contributed by atoms with Gasteiger partial charge in [-0.3, -0.25) is 19.2 Å². The highest BCUT2D eigenvalue weighted by Gasteiger charge is 2.15. The minimum atomic E-state index is -0.974. The van der Waals surface area contributed by atoms with E-state index in [1.54, 1.807) is 66.7 Å². The molecule has 0 aliphatic carbocycles. The zero-order valence-electron chi connectivity index (χ0n) is 18.7. The van der Waals surface area contributed by atoms with Crippen molar-refractivity contribution in [3.63, 3.8) is 0 Å². The third-order valence-corrected chi connectivity index (χ3v) is 4.33. The molecule has 1 heterocycles. The Labute approximate surface area is 200 Å². The minimum absolute atomic E-state index is 0.0360. The molecule has 0 radical (unpaired) electrons. The van der Waals surface area contributed by atoms with Crippen LogP contribution in [0.4, 0.5) is 11.4 Å². The van der Waals surface area contributed by atoms with Gasteiger partial charge in [0.2, 0.25) is 0 Å². The van der Waals surface area contributed by atoms with E-state index in [9.17, 15) is 19.2 Å². The molecule has 2 aromatic carbocycles. The second-order valence-corrected chi connectivity index (χ2v) is 6.92. The Balaban J connectivity index is 1.41. The van der Waals surface area contributed by atoms with Gasteiger partial charge in [-0.05, 0) is 55.5 Å². The van der Waals surface area contributed by atoms with Gasteiger partial charge in [0.15, 0.2) is 0 Å². The molecule has 0 bridgehead atoms. The van der Waals surface area contributed by atoms with E-state index in [2.05, 4.69) is 26.5 Å². The Morgan fingerprint density at radius 2 is 1.49 bits per heavy atom. The van der Waals surface area contributed by atoms with Gasteiger partial charge in [-0.25, -0.2) is 5.43 Å². The van der Waals surface area contributed by atoms with Gasteiger partial charge in [0, 0.05) is 11.4 Å². The lowest BCUT2D eigenvalue weighted by atomic mass is 10.3. The van der Waals surface area contributed by atoms with Gasteiger partial charge in [0.05, 0.1) is 19.4 Å². The predicted molar refractivity (Wildman–Crippen MR) is 128 cm³/mol. The summed E-state index contributed by atoms with van der Waals surface area (Å²) in [6, 6.07) is 18.2. The van der Waals surface area contributed by atoms with Crippen molar-refractivity contribution in [3.8, 4) is 5.75 Å². The molecule has 0 atom stereocenters. The summed E-state index contributed by atoms with van der Waals surface area (Å²) in [4.78, 5) is 47.7. The number of para-hydroxylation sites is 1. The number of carbonyl (C=O) groups is 4. The third kappa shape index (κ3) is 7.86. The number of amides is 4. The van der Waals surface area contributed by atoms with Gasteiger partial charge in [-0.1, -0.05) is 18.2 Å². The van der Waals surface area contributed by atoms with Crippen LogP contribution in [0.2, 0.25) is 0 Å². The van der Waals surface area contributed by atoms with Crippen LogP contribution in [0.25, 0.3) is 0 Å². The molecule has 3 aromatic rings. The molecule has 0 saturated heterocycles. The van der Waals surface area contributed by atoms with Gasteiger partial charge in [-0.2, -0.15) is 5.10 Å². The number of carbonyl (C=O) groups excluding carboxylic acids is 4. The molecule has 0 aliphatic heterocycles. The molecule has 4 N–H and O–H groups in total. The molecular weight excluding hydrogens is 454 g/mol. The molecular formula is C24H23N5O6. The third-order valence-electron chi connectivity index (χ3n) is 4.33. The summed E-state index contributed by atoms with van der Waals surface area (Å²) in [5, 5.41) is 11.0. The highest BCUT2D eigenvalue weighted by atomic mass is 16.5. The van der Waals surface area contributed by atoms with Gasteiger partial charge in [0.25, 0.3) is 0 Å². The maximum atomic E-state index is 12.0. The number of ether oxygens (including phenoxy) is 1. The van der Waals surface area contributed by atoms with E-state index in [1.807, 2.05) is 6.92 Å². The molecule has 0 fully saturated rings. The molecule has 11 heteroatoms. The Morgan fingerprint density at radius 3 is 2.17 bits per heavy atom. The first-order chi connectivity index (χ1) is 16.9. The summed E-state index contributed by atoms with van der Waals surface area (Å²) in [7, 11) is 0. The largest absolute Gasteiger partial charge is 0.494 e. The van der Waals surface area contributed by atoms with Crippen LogP contribution in [0.5, 0.6) is 5.75 Å². The summed E-state index contributed by atoms with van der Waals surface area (Å²) >= 11 is 0. The first-order valence-electron chi connectivity index (χ1n) is 10.5. The zero-order chi connectivity index (χ0) is 25.0. The van der Waals surface area contributed by atoms with Crippen LogP contribution in [0.15, 0.2) is 76.2 Å². The molecule has 0 saturated carbocycles. The number of hydrogen-bond donors (Lipinski definition) is 4. The average molecular weight is 477 g/mol. The smallest absolute Gasteiger partial charge is 0.329 e. The average Bonchev–Trinajstić information content (AvgIpc) is 3.32. The fourth-order valence-corrected chi connectivity index (χ4v) is 2.71. The fourth-order valence-electron chi connectivity index (χ4n) is 2.71. The lowest BCUT2D eigenvalue weighted by Crippen LogP contribution is -2.34. The second-order valence-electron chi connectivity index (χ2n) is 6.92. The van der Waals surface area contributed by atoms with Gasteiger partial charge in [0.1, 0.15) is 17.3 Å². The summed E-state index contributed by atoms with van der Waals surface area (Å²) in [6.07, 6.45) is 1.19. The molecule has 0 aliphatic rings. The van der Waals surface area contributed by atoms with E-state index in [4.69, 9.17) is 9.15 Å². The van der Waals surface area contributed by atoms with Crippen LogP contribution < -0.4 is 26.1 Å². The molecule has 0 unspecified atom stereocenters. The summed E-state index contributed by atoms with van der Waals surface area (Å²) in [5.41, 5.74) is 3.01. The van der Waals surface area contributed by atoms with Gasteiger partial charge in [-0.15, -0.1) is 0 Å². The van der Waals surface area contributed by atoms with E-state index in [0.29, 0.717) is 29.5 Å². The molecule has 3 rings (SSSR count). The van der Waals surface area contributed by atoms with E-state index in [0.717, 1.165) is 0 Å². The predicted octanol–water partition coefficient (Wildman–Crippen LogP) is 2.02. The quantitative estimate of drug-likeness (QED) is 0.221. The van der Waals surface area contributed by atoms with Crippen LogP contribution in [0, 0.1) is 0 Å². The molecule has 0 spiro atoms. The molecule has 1 aromatic heterocycles. The summed E-state index contributed by atoms with van der Waals surface area (Å²) in [6.45, 7) is 2.34. The van der Waals surface area contributed by atoms with E-state index in [1.165, 1.54) is 6.21 Å². The summed E-state index contributed by atoms with van der Waals surface area (Å²) in [5.74, 6) is -2.25. The van der Waals surface area contributed by atoms with Gasteiger partial charge >= 0.3 is 23.6 Å². The Kier molecular flexibility index (Phi) is 8.72. The van der Waals surface area contributed by atoms with Crippen molar-refractivity contribution < 1.29 is 28.3 Å². The SMILES string of the molecule is CCOc1ccc(NC(=O)C(=O)N/N=C/c2ccc(CNC(=O)C(=O)Nc3ccccc3)o2)cc1. The number of hydrogen-bond acceptors (Lipinski definition) is 7. The van der Waals surface area contributed by atoms with E-state index >= 15 is 0 Å². The maximum Gasteiger partial charge on any atom is 0.329 e. The lowest BCUT2D eigenvalue weighted by molar-refractivity contribution is -0.136. The number of nitrogens with zero attached hydrogens (tertiary/aromatic N) is 1. The van der Waals surface area contributed by atoms with E-state index < -0.39 is 23.6 Å². The van der Waals surface area contributed by atoms with Crippen molar-refractivity contribution in [1.29, 1.82) is 0 Å². The van der Waals surface area contributed by atoms with Crippen molar-refractivity contribution in [3.05, 3.63) is 78.3 Å². The fraction of sp³-hybridized carbons (Fsp3) is 0.125. The van der Waals surface area contributed by atoms with Crippen LogP contribution in [0.3, 0.4) is 0 Å².